The van der Waals surface area contributed by atoms with E-state index in [2.05, 4.69) is 20.3 Å². The smallest absolute Gasteiger partial charge is 0.316 e. The third-order valence-electron chi connectivity index (χ3n) is 5.63. The highest BCUT2D eigenvalue weighted by Crippen LogP contribution is 2.35. The number of rotatable bonds is 8. The van der Waals surface area contributed by atoms with Gasteiger partial charge in [0.15, 0.2) is 5.82 Å². The molecule has 0 atom stereocenters. The van der Waals surface area contributed by atoms with Crippen LogP contribution in [-0.4, -0.2) is 78.3 Å². The number of amides is 1. The first kappa shape index (κ1) is 24.7. The summed E-state index contributed by atoms with van der Waals surface area (Å²) < 4.78 is 30.5. The van der Waals surface area contributed by atoms with Gasteiger partial charge in [-0.2, -0.15) is 4.98 Å². The fourth-order valence-corrected chi connectivity index (χ4v) is 3.59. The summed E-state index contributed by atoms with van der Waals surface area (Å²) >= 11 is 0. The number of aromatic amines is 1. The molecule has 2 N–H and O–H groups in total. The summed E-state index contributed by atoms with van der Waals surface area (Å²) in [6.45, 7) is 3.40. The van der Waals surface area contributed by atoms with Crippen LogP contribution in [0.5, 0.6) is 6.01 Å². The lowest BCUT2D eigenvalue weighted by Crippen LogP contribution is -2.49. The number of imidazole rings is 1. The zero-order valence-electron chi connectivity index (χ0n) is 20.2. The third-order valence-corrected chi connectivity index (χ3v) is 5.63. The van der Waals surface area contributed by atoms with Gasteiger partial charge in [0.25, 0.3) is 0 Å². The summed E-state index contributed by atoms with van der Waals surface area (Å²) in [5.41, 5.74) is 1.52. The Morgan fingerprint density at radius 2 is 1.94 bits per heavy atom. The minimum Gasteiger partial charge on any atom is -0.467 e. The molecule has 3 heterocycles. The molecule has 0 unspecified atom stereocenters. The predicted octanol–water partition coefficient (Wildman–Crippen LogP) is 2.41. The minimum atomic E-state index is -0.821. The monoisotopic (exact) mass is 484 g/mol. The number of ether oxygens (including phenoxy) is 3. The fourth-order valence-electron chi connectivity index (χ4n) is 3.59. The Bertz CT molecular complexity index is 1160. The number of nitrogens with zero attached hydrogens (tertiary/aromatic N) is 4. The van der Waals surface area contributed by atoms with Crippen LogP contribution in [-0.2, 0) is 14.3 Å². The van der Waals surface area contributed by atoms with Gasteiger partial charge in [0, 0.05) is 24.8 Å². The molecule has 1 fully saturated rings. The van der Waals surface area contributed by atoms with E-state index in [-0.39, 0.29) is 30.9 Å². The zero-order chi connectivity index (χ0) is 25.0. The topological polar surface area (TPSA) is 114 Å². The number of halogens is 1. The number of nitrogens with one attached hydrogen (secondary N) is 2. The van der Waals surface area contributed by atoms with Gasteiger partial charge in [-0.25, -0.2) is 14.4 Å². The summed E-state index contributed by atoms with van der Waals surface area (Å²) in [4.78, 5) is 31.0. The van der Waals surface area contributed by atoms with Gasteiger partial charge in [-0.1, -0.05) is 0 Å². The molecule has 1 saturated heterocycles. The molecule has 1 aromatic carbocycles. The molecule has 0 radical (unpaired) electrons. The van der Waals surface area contributed by atoms with Gasteiger partial charge in [0.05, 0.1) is 42.8 Å². The number of likely N-dealkylation sites (N-methyl/N-ethyl adjacent to an activating group) is 1. The fraction of sp³-hybridized carbons (Fsp3) is 0.417. The van der Waals surface area contributed by atoms with E-state index in [0.29, 0.717) is 35.0 Å². The van der Waals surface area contributed by atoms with Gasteiger partial charge in [-0.05, 0) is 51.4 Å². The first-order chi connectivity index (χ1) is 16.8. The molecule has 4 rings (SSSR count). The molecule has 0 aliphatic carbocycles. The van der Waals surface area contributed by atoms with E-state index in [1.54, 1.807) is 31.3 Å². The molecule has 0 saturated carbocycles. The molecule has 0 bridgehead atoms. The van der Waals surface area contributed by atoms with Crippen LogP contribution in [0.3, 0.4) is 0 Å². The van der Waals surface area contributed by atoms with Crippen LogP contribution in [0.2, 0.25) is 0 Å². The van der Waals surface area contributed by atoms with Gasteiger partial charge in [0.1, 0.15) is 5.82 Å². The molecule has 1 aliphatic rings. The van der Waals surface area contributed by atoms with Crippen LogP contribution >= 0.6 is 0 Å². The molecular formula is C24H29FN6O4. The van der Waals surface area contributed by atoms with Crippen LogP contribution in [0.15, 0.2) is 36.5 Å². The first-order valence-corrected chi connectivity index (χ1v) is 11.2. The minimum absolute atomic E-state index is 0.127. The van der Waals surface area contributed by atoms with Crippen molar-refractivity contribution in [2.24, 2.45) is 5.41 Å². The van der Waals surface area contributed by atoms with E-state index in [4.69, 9.17) is 19.2 Å². The second kappa shape index (κ2) is 10.5. The SMILES string of the molecule is COc1nccc(-c2[nH]c(C3OCC(C)(C(=O)NCCN(C)C)CO3)nc2-c2ccc(F)cc2)n1. The summed E-state index contributed by atoms with van der Waals surface area (Å²) in [6.07, 6.45) is 0.763. The van der Waals surface area contributed by atoms with Gasteiger partial charge in [-0.15, -0.1) is 0 Å². The Labute approximate surface area is 202 Å². The number of carbonyl (C=O) groups is 1. The van der Waals surface area contributed by atoms with Crippen LogP contribution in [0.25, 0.3) is 22.6 Å². The second-order valence-electron chi connectivity index (χ2n) is 8.85. The van der Waals surface area contributed by atoms with Crippen LogP contribution in [0.1, 0.15) is 19.0 Å². The number of methoxy groups -OCH3 is 1. The van der Waals surface area contributed by atoms with Crippen molar-refractivity contribution in [2.45, 2.75) is 13.2 Å². The quantitative estimate of drug-likeness (QED) is 0.501. The number of H-pyrrole nitrogens is 1. The highest BCUT2D eigenvalue weighted by molar-refractivity contribution is 5.82. The Morgan fingerprint density at radius 1 is 1.23 bits per heavy atom. The molecule has 2 aromatic heterocycles. The Balaban J connectivity index is 1.57. The molecule has 186 valence electrons. The summed E-state index contributed by atoms with van der Waals surface area (Å²) in [7, 11) is 5.37. The van der Waals surface area contributed by atoms with E-state index >= 15 is 0 Å². The van der Waals surface area contributed by atoms with E-state index in [1.807, 2.05) is 19.0 Å². The van der Waals surface area contributed by atoms with Crippen molar-refractivity contribution in [1.29, 1.82) is 0 Å². The number of aromatic nitrogens is 4. The van der Waals surface area contributed by atoms with E-state index < -0.39 is 11.7 Å². The highest BCUT2D eigenvalue weighted by atomic mass is 19.1. The zero-order valence-corrected chi connectivity index (χ0v) is 20.2. The van der Waals surface area contributed by atoms with Crippen molar-refractivity contribution in [3.8, 4) is 28.7 Å². The molecule has 3 aromatic rings. The summed E-state index contributed by atoms with van der Waals surface area (Å²) in [6, 6.07) is 7.91. The Morgan fingerprint density at radius 3 is 2.60 bits per heavy atom. The van der Waals surface area contributed by atoms with Crippen molar-refractivity contribution in [3.05, 3.63) is 48.2 Å². The molecule has 0 spiro atoms. The van der Waals surface area contributed by atoms with Crippen molar-refractivity contribution in [2.75, 3.05) is 47.5 Å². The third kappa shape index (κ3) is 5.64. The maximum absolute atomic E-state index is 13.5. The van der Waals surface area contributed by atoms with Gasteiger partial charge in [-0.3, -0.25) is 4.79 Å². The van der Waals surface area contributed by atoms with Gasteiger partial charge in [0.2, 0.25) is 12.2 Å². The predicted molar refractivity (Wildman–Crippen MR) is 126 cm³/mol. The van der Waals surface area contributed by atoms with Crippen LogP contribution in [0.4, 0.5) is 4.39 Å². The number of hydrogen-bond acceptors (Lipinski definition) is 8. The molecular weight excluding hydrogens is 455 g/mol. The summed E-state index contributed by atoms with van der Waals surface area (Å²) in [5.74, 6) is -0.0677. The van der Waals surface area contributed by atoms with Gasteiger partial charge >= 0.3 is 6.01 Å². The number of carbonyl (C=O) groups excluding carboxylic acids is 1. The normalized spacial score (nSPS) is 20.1. The average Bonchev–Trinajstić information content (AvgIpc) is 3.30. The average molecular weight is 485 g/mol. The standard InChI is InChI=1S/C24H29FN6O4/c1-24(22(32)26-11-12-31(2)3)13-34-21(35-14-24)20-29-18(15-5-7-16(25)8-6-15)19(30-20)17-9-10-27-23(28-17)33-4/h5-10,21H,11-14H2,1-4H3,(H,26,32)(H,29,30). The largest absolute Gasteiger partial charge is 0.467 e. The van der Waals surface area contributed by atoms with Crippen LogP contribution in [0, 0.1) is 11.2 Å². The van der Waals surface area contributed by atoms with Crippen molar-refractivity contribution in [3.63, 3.8) is 0 Å². The van der Waals surface area contributed by atoms with Crippen molar-refractivity contribution >= 4 is 5.91 Å². The highest BCUT2D eigenvalue weighted by Gasteiger charge is 2.40. The van der Waals surface area contributed by atoms with E-state index in [0.717, 1.165) is 6.54 Å². The Kier molecular flexibility index (Phi) is 7.39. The van der Waals surface area contributed by atoms with Crippen molar-refractivity contribution in [1.82, 2.24) is 30.2 Å². The van der Waals surface area contributed by atoms with Crippen molar-refractivity contribution < 1.29 is 23.4 Å². The molecule has 1 aliphatic heterocycles. The maximum atomic E-state index is 13.5. The molecule has 10 nitrogen and oxygen atoms in total. The first-order valence-electron chi connectivity index (χ1n) is 11.2. The lowest BCUT2D eigenvalue weighted by atomic mass is 9.91. The molecule has 35 heavy (non-hydrogen) atoms. The van der Waals surface area contributed by atoms with Crippen LogP contribution < -0.4 is 10.1 Å². The lowest BCUT2D eigenvalue weighted by Gasteiger charge is -2.35. The summed E-state index contributed by atoms with van der Waals surface area (Å²) in [5, 5.41) is 2.93. The number of hydrogen-bond donors (Lipinski definition) is 2. The maximum Gasteiger partial charge on any atom is 0.316 e. The molecule has 1 amide bonds. The van der Waals surface area contributed by atoms with E-state index in [1.165, 1.54) is 19.2 Å². The lowest BCUT2D eigenvalue weighted by molar-refractivity contribution is -0.231. The van der Waals surface area contributed by atoms with E-state index in [9.17, 15) is 9.18 Å². The second-order valence-corrected chi connectivity index (χ2v) is 8.85. The number of benzene rings is 1. The van der Waals surface area contributed by atoms with Gasteiger partial charge < -0.3 is 29.4 Å². The molecule has 11 heteroatoms. The Hall–Kier alpha value is -3.41.